The normalized spacial score (nSPS) is 37.7. The molecule has 1 aromatic carbocycles. The largest absolute Gasteiger partial charge is 0.454 e. The van der Waals surface area contributed by atoms with Crippen molar-refractivity contribution in [3.63, 3.8) is 0 Å². The molecule has 5 heterocycles. The third-order valence-electron chi connectivity index (χ3n) is 6.58. The van der Waals surface area contributed by atoms with Gasteiger partial charge in [0.2, 0.25) is 6.79 Å². The Kier molecular flexibility index (Phi) is 4.00. The highest BCUT2D eigenvalue weighted by Crippen LogP contribution is 2.69. The summed E-state index contributed by atoms with van der Waals surface area (Å²) in [6.07, 6.45) is 0.611. The summed E-state index contributed by atoms with van der Waals surface area (Å²) in [5, 5.41) is 0. The highest BCUT2D eigenvalue weighted by molar-refractivity contribution is 8.78. The van der Waals surface area contributed by atoms with Crippen molar-refractivity contribution in [3.05, 3.63) is 23.8 Å². The van der Waals surface area contributed by atoms with Crippen molar-refractivity contribution in [2.24, 2.45) is 5.41 Å². The number of fused-ring (bicyclic) bond motifs is 3. The monoisotopic (exact) mass is 435 g/mol. The first-order valence-electron chi connectivity index (χ1n) is 9.66. The molecule has 2 bridgehead atoms. The second-order valence-electron chi connectivity index (χ2n) is 9.06. The van der Waals surface area contributed by atoms with Crippen LogP contribution >= 0.6 is 21.6 Å². The van der Waals surface area contributed by atoms with Gasteiger partial charge in [-0.2, -0.15) is 0 Å². The van der Waals surface area contributed by atoms with Crippen molar-refractivity contribution in [1.29, 1.82) is 0 Å². The van der Waals surface area contributed by atoms with Crippen molar-refractivity contribution in [2.75, 3.05) is 34.5 Å². The number of hydrogen-bond donors (Lipinski definition) is 0. The van der Waals surface area contributed by atoms with E-state index in [9.17, 15) is 9.59 Å². The van der Waals surface area contributed by atoms with Crippen molar-refractivity contribution < 1.29 is 19.1 Å². The van der Waals surface area contributed by atoms with Gasteiger partial charge < -0.3 is 24.2 Å². The minimum atomic E-state index is -0.887. The van der Waals surface area contributed by atoms with Gasteiger partial charge in [-0.25, -0.2) is 0 Å². The lowest BCUT2D eigenvalue weighted by molar-refractivity contribution is -0.164. The van der Waals surface area contributed by atoms with Gasteiger partial charge in [-0.3, -0.25) is 9.59 Å². The van der Waals surface area contributed by atoms with E-state index in [0.717, 1.165) is 17.9 Å². The van der Waals surface area contributed by atoms with Gasteiger partial charge in [-0.15, -0.1) is 0 Å². The number of amides is 2. The molecule has 0 aromatic heterocycles. The van der Waals surface area contributed by atoms with Crippen LogP contribution in [-0.2, 0) is 9.59 Å². The van der Waals surface area contributed by atoms with Crippen LogP contribution in [0.1, 0.15) is 31.9 Å². The quantitative estimate of drug-likeness (QED) is 0.676. The maximum absolute atomic E-state index is 13.8. The number of rotatable bonds is 3. The van der Waals surface area contributed by atoms with Crippen LogP contribution in [-0.4, -0.2) is 70.7 Å². The third kappa shape index (κ3) is 2.38. The summed E-state index contributed by atoms with van der Waals surface area (Å²) in [5.41, 5.74) is 0.688. The van der Waals surface area contributed by atoms with Crippen LogP contribution in [0.25, 0.3) is 0 Å². The fourth-order valence-electron chi connectivity index (χ4n) is 5.38. The number of carbonyl (C=O) groups is 2. The highest BCUT2D eigenvalue weighted by Gasteiger charge is 2.74. The molecule has 7 nitrogen and oxygen atoms in total. The van der Waals surface area contributed by atoms with Gasteiger partial charge in [-0.1, -0.05) is 34.6 Å². The van der Waals surface area contributed by atoms with Crippen molar-refractivity contribution >= 4 is 33.4 Å². The zero-order valence-corrected chi connectivity index (χ0v) is 18.9. The molecule has 6 rings (SSSR count). The number of ether oxygens (including phenoxy) is 2. The number of likely N-dealkylation sites (N-methyl/N-ethyl adjacent to an activating group) is 1. The Morgan fingerprint density at radius 2 is 1.86 bits per heavy atom. The number of nitrogens with zero attached hydrogens (tertiary/aromatic N) is 3. The van der Waals surface area contributed by atoms with Crippen LogP contribution in [0.15, 0.2) is 18.2 Å². The van der Waals surface area contributed by atoms with E-state index in [1.165, 1.54) is 10.8 Å². The van der Waals surface area contributed by atoms with Gasteiger partial charge in [0.05, 0.1) is 6.04 Å². The molecule has 0 aliphatic carbocycles. The van der Waals surface area contributed by atoms with E-state index in [1.54, 1.807) is 22.7 Å². The molecule has 4 saturated heterocycles. The van der Waals surface area contributed by atoms with Gasteiger partial charge in [0, 0.05) is 19.0 Å². The van der Waals surface area contributed by atoms with E-state index >= 15 is 0 Å². The lowest BCUT2D eigenvalue weighted by atomic mass is 9.77. The van der Waals surface area contributed by atoms with Crippen molar-refractivity contribution in [2.45, 2.75) is 36.1 Å². The average Bonchev–Trinajstić information content (AvgIpc) is 3.22. The fraction of sp³-hybridized carbons (Fsp3) is 0.600. The Hall–Kier alpha value is -1.58. The summed E-state index contributed by atoms with van der Waals surface area (Å²) >= 11 is 0. The molecule has 4 atom stereocenters. The molecule has 2 amide bonds. The van der Waals surface area contributed by atoms with Gasteiger partial charge in [0.25, 0.3) is 11.8 Å². The van der Waals surface area contributed by atoms with Crippen LogP contribution < -0.4 is 9.47 Å². The van der Waals surface area contributed by atoms with Crippen LogP contribution in [0.3, 0.4) is 0 Å². The SMILES string of the molecule is CN(C)C[C@@]1(C)C[C@@]23SS[C@@](C)(C(=O)N2[C@H]1c1ccc2c(c1)OCO2)N(C)C3=O. The maximum atomic E-state index is 13.8. The molecule has 5 aliphatic rings. The second kappa shape index (κ2) is 5.98. The fourth-order valence-corrected chi connectivity index (χ4v) is 8.99. The Bertz CT molecular complexity index is 927. The molecule has 4 fully saturated rings. The molecule has 29 heavy (non-hydrogen) atoms. The van der Waals surface area contributed by atoms with Crippen LogP contribution in [0, 0.1) is 5.41 Å². The average molecular weight is 436 g/mol. The number of hydrogen-bond acceptors (Lipinski definition) is 7. The Balaban J connectivity index is 1.69. The lowest BCUT2D eigenvalue weighted by Gasteiger charge is -2.57. The minimum Gasteiger partial charge on any atom is -0.454 e. The summed E-state index contributed by atoms with van der Waals surface area (Å²) < 4.78 is 11.1. The lowest BCUT2D eigenvalue weighted by Crippen LogP contribution is -2.73. The summed E-state index contributed by atoms with van der Waals surface area (Å²) in [7, 11) is 8.89. The zero-order chi connectivity index (χ0) is 20.8. The predicted molar refractivity (Wildman–Crippen MR) is 113 cm³/mol. The summed E-state index contributed by atoms with van der Waals surface area (Å²) in [5.74, 6) is 1.45. The molecule has 0 N–H and O–H groups in total. The third-order valence-corrected chi connectivity index (χ3v) is 10.3. The first-order chi connectivity index (χ1) is 13.6. The smallest absolute Gasteiger partial charge is 0.261 e. The molecule has 156 valence electrons. The van der Waals surface area contributed by atoms with Gasteiger partial charge >= 0.3 is 0 Å². The van der Waals surface area contributed by atoms with E-state index in [0.29, 0.717) is 12.2 Å². The van der Waals surface area contributed by atoms with E-state index in [-0.39, 0.29) is 30.1 Å². The molecular weight excluding hydrogens is 410 g/mol. The van der Waals surface area contributed by atoms with Crippen molar-refractivity contribution in [1.82, 2.24) is 14.7 Å². The molecule has 0 unspecified atom stereocenters. The first kappa shape index (κ1) is 19.4. The molecule has 1 aromatic rings. The standard InChI is InChI=1S/C20H25N3O4S2/c1-18(10-21(3)4)9-20-17(25)22(5)19(2,28-29-20)16(24)23(20)15(18)12-6-7-13-14(8-12)27-11-26-13/h6-8,15H,9-11H2,1-5H3/t15-,18+,19-,20-/m0/s1. The molecular formula is C20H25N3O4S2. The van der Waals surface area contributed by atoms with Gasteiger partial charge in [-0.05, 0) is 45.1 Å². The summed E-state index contributed by atoms with van der Waals surface area (Å²) in [4.78, 5) is 31.2. The molecule has 1 spiro atoms. The predicted octanol–water partition coefficient (Wildman–Crippen LogP) is 2.54. The van der Waals surface area contributed by atoms with E-state index in [2.05, 4.69) is 11.8 Å². The maximum Gasteiger partial charge on any atom is 0.261 e. The van der Waals surface area contributed by atoms with Crippen LogP contribution in [0.5, 0.6) is 11.5 Å². The number of piperazine rings is 1. The Labute approximate surface area is 178 Å². The van der Waals surface area contributed by atoms with E-state index in [4.69, 9.17) is 9.47 Å². The number of benzene rings is 1. The molecule has 0 saturated carbocycles. The van der Waals surface area contributed by atoms with E-state index in [1.807, 2.05) is 44.1 Å². The van der Waals surface area contributed by atoms with Crippen LogP contribution in [0.2, 0.25) is 0 Å². The van der Waals surface area contributed by atoms with E-state index < -0.39 is 9.74 Å². The first-order valence-corrected chi connectivity index (χ1v) is 11.8. The Morgan fingerprint density at radius 1 is 1.14 bits per heavy atom. The highest BCUT2D eigenvalue weighted by atomic mass is 33.1. The minimum absolute atomic E-state index is 0.00787. The van der Waals surface area contributed by atoms with Gasteiger partial charge in [0.1, 0.15) is 0 Å². The zero-order valence-electron chi connectivity index (χ0n) is 17.2. The van der Waals surface area contributed by atoms with Gasteiger partial charge in [0.15, 0.2) is 21.2 Å². The number of carbonyl (C=O) groups excluding carboxylic acids is 2. The van der Waals surface area contributed by atoms with Crippen molar-refractivity contribution in [3.8, 4) is 11.5 Å². The van der Waals surface area contributed by atoms with Crippen LogP contribution in [0.4, 0.5) is 0 Å². The molecule has 9 heteroatoms. The topological polar surface area (TPSA) is 62.3 Å². The summed E-state index contributed by atoms with van der Waals surface area (Å²) in [6, 6.07) is 5.67. The Morgan fingerprint density at radius 3 is 2.59 bits per heavy atom. The summed E-state index contributed by atoms with van der Waals surface area (Å²) in [6.45, 7) is 5.01. The second-order valence-corrected chi connectivity index (χ2v) is 11.9. The molecule has 0 radical (unpaired) electrons. The molecule has 5 aliphatic heterocycles.